The molecule has 0 aliphatic carbocycles. The van der Waals surface area contributed by atoms with Crippen LogP contribution in [0.3, 0.4) is 0 Å². The molecule has 1 N–H and O–H groups in total. The highest BCUT2D eigenvalue weighted by atomic mass is 16.5. The summed E-state index contributed by atoms with van der Waals surface area (Å²) in [7, 11) is 0. The topological polar surface area (TPSA) is 67.3 Å². The Morgan fingerprint density at radius 1 is 1.23 bits per heavy atom. The first kappa shape index (κ1) is 18.2. The number of nitrogens with zero attached hydrogens (tertiary/aromatic N) is 3. The van der Waals surface area contributed by atoms with E-state index in [9.17, 15) is 4.79 Å². The highest BCUT2D eigenvalue weighted by Gasteiger charge is 2.19. The lowest BCUT2D eigenvalue weighted by Gasteiger charge is -2.31. The summed E-state index contributed by atoms with van der Waals surface area (Å²) in [5, 5.41) is 2.89. The molecule has 138 valence electrons. The molecule has 0 bridgehead atoms. The summed E-state index contributed by atoms with van der Waals surface area (Å²) in [5.41, 5.74) is 1.10. The number of amides is 1. The Kier molecular flexibility index (Phi) is 5.71. The molecule has 0 saturated carbocycles. The second-order valence-electron chi connectivity index (χ2n) is 6.74. The van der Waals surface area contributed by atoms with Gasteiger partial charge in [0, 0.05) is 24.8 Å². The lowest BCUT2D eigenvalue weighted by Crippen LogP contribution is -2.34. The summed E-state index contributed by atoms with van der Waals surface area (Å²) in [6, 6.07) is 9.11. The summed E-state index contributed by atoms with van der Waals surface area (Å²) in [6.07, 6.45) is 2.30. The van der Waals surface area contributed by atoms with Crippen LogP contribution < -0.4 is 15.0 Å². The van der Waals surface area contributed by atoms with Crippen molar-refractivity contribution in [3.05, 3.63) is 41.9 Å². The molecule has 6 heteroatoms. The van der Waals surface area contributed by atoms with Gasteiger partial charge in [-0.1, -0.05) is 6.92 Å². The van der Waals surface area contributed by atoms with E-state index in [4.69, 9.17) is 4.74 Å². The maximum Gasteiger partial charge on any atom is 0.274 e. The van der Waals surface area contributed by atoms with E-state index in [1.807, 2.05) is 38.1 Å². The van der Waals surface area contributed by atoms with Gasteiger partial charge in [-0.3, -0.25) is 4.79 Å². The molecule has 26 heavy (non-hydrogen) atoms. The first-order valence-electron chi connectivity index (χ1n) is 9.20. The molecule has 1 aromatic heterocycles. The molecule has 3 rings (SSSR count). The number of piperidine rings is 1. The largest absolute Gasteiger partial charge is 0.494 e. The molecule has 1 aromatic carbocycles. The molecule has 1 amide bonds. The van der Waals surface area contributed by atoms with Crippen LogP contribution in [0, 0.1) is 12.8 Å². The minimum Gasteiger partial charge on any atom is -0.494 e. The number of hydrogen-bond acceptors (Lipinski definition) is 5. The fourth-order valence-electron chi connectivity index (χ4n) is 3.06. The van der Waals surface area contributed by atoms with Crippen LogP contribution in [0.2, 0.25) is 0 Å². The van der Waals surface area contributed by atoms with Crippen LogP contribution in [-0.4, -0.2) is 35.6 Å². The number of nitrogens with one attached hydrogen (secondary N) is 1. The van der Waals surface area contributed by atoms with Crippen LogP contribution in [0.4, 0.5) is 11.5 Å². The second kappa shape index (κ2) is 8.17. The van der Waals surface area contributed by atoms with Gasteiger partial charge in [0.2, 0.25) is 0 Å². The number of hydrogen-bond donors (Lipinski definition) is 1. The Hall–Kier alpha value is -2.63. The number of aryl methyl sites for hydroxylation is 1. The number of ether oxygens (including phenoxy) is 1. The summed E-state index contributed by atoms with van der Waals surface area (Å²) < 4.78 is 5.42. The van der Waals surface area contributed by atoms with Gasteiger partial charge in [0.15, 0.2) is 0 Å². The van der Waals surface area contributed by atoms with Crippen molar-refractivity contribution >= 4 is 17.4 Å². The van der Waals surface area contributed by atoms with E-state index in [1.54, 1.807) is 6.07 Å². The number of anilines is 2. The molecule has 1 saturated heterocycles. The average molecular weight is 354 g/mol. The van der Waals surface area contributed by atoms with E-state index in [0.29, 0.717) is 23.8 Å². The monoisotopic (exact) mass is 354 g/mol. The van der Waals surface area contributed by atoms with Gasteiger partial charge in [0.25, 0.3) is 5.91 Å². The summed E-state index contributed by atoms with van der Waals surface area (Å²) in [6.45, 7) is 8.59. The van der Waals surface area contributed by atoms with E-state index >= 15 is 0 Å². The average Bonchev–Trinajstić information content (AvgIpc) is 2.63. The van der Waals surface area contributed by atoms with E-state index < -0.39 is 0 Å². The Bertz CT molecular complexity index is 753. The second-order valence-corrected chi connectivity index (χ2v) is 6.74. The van der Waals surface area contributed by atoms with Gasteiger partial charge in [-0.25, -0.2) is 9.97 Å². The summed E-state index contributed by atoms with van der Waals surface area (Å²) in [4.78, 5) is 23.7. The summed E-state index contributed by atoms with van der Waals surface area (Å²) >= 11 is 0. The first-order valence-corrected chi connectivity index (χ1v) is 9.20. The van der Waals surface area contributed by atoms with Gasteiger partial charge < -0.3 is 15.0 Å². The molecule has 6 nitrogen and oxygen atoms in total. The molecule has 1 aliphatic rings. The predicted octanol–water partition coefficient (Wildman–Crippen LogP) is 3.67. The molecule has 0 atom stereocenters. The van der Waals surface area contributed by atoms with Gasteiger partial charge in [0.1, 0.15) is 23.1 Å². The zero-order chi connectivity index (χ0) is 18.5. The van der Waals surface area contributed by atoms with Crippen molar-refractivity contribution in [1.29, 1.82) is 0 Å². The third-order valence-corrected chi connectivity index (χ3v) is 4.59. The molecule has 1 aliphatic heterocycles. The number of carbonyl (C=O) groups excluding carboxylic acids is 1. The minimum absolute atomic E-state index is 0.230. The third kappa shape index (κ3) is 4.50. The lowest BCUT2D eigenvalue weighted by molar-refractivity contribution is 0.102. The molecule has 2 heterocycles. The minimum atomic E-state index is -0.230. The van der Waals surface area contributed by atoms with Crippen molar-refractivity contribution in [2.45, 2.75) is 33.6 Å². The SMILES string of the molecule is CCOc1ccc(NC(=O)c2cc(N3CCC(C)CC3)nc(C)n2)cc1. The van der Waals surface area contributed by atoms with Crippen molar-refractivity contribution in [2.75, 3.05) is 29.9 Å². The van der Waals surface area contributed by atoms with Crippen molar-refractivity contribution in [2.24, 2.45) is 5.92 Å². The van der Waals surface area contributed by atoms with Gasteiger partial charge in [-0.2, -0.15) is 0 Å². The summed E-state index contributed by atoms with van der Waals surface area (Å²) in [5.74, 6) is 2.74. The van der Waals surface area contributed by atoms with Gasteiger partial charge in [-0.05, 0) is 56.9 Å². The van der Waals surface area contributed by atoms with E-state index in [-0.39, 0.29) is 5.91 Å². The highest BCUT2D eigenvalue weighted by molar-refractivity contribution is 6.03. The number of aromatic nitrogens is 2. The standard InChI is InChI=1S/C20H26N4O2/c1-4-26-17-7-5-16(6-8-17)23-20(25)18-13-19(22-15(3)21-18)24-11-9-14(2)10-12-24/h5-8,13-14H,4,9-12H2,1-3H3,(H,23,25). The molecule has 0 radical (unpaired) electrons. The van der Waals surface area contributed by atoms with Crippen LogP contribution in [0.5, 0.6) is 5.75 Å². The smallest absolute Gasteiger partial charge is 0.274 e. The Labute approximate surface area is 154 Å². The van der Waals surface area contributed by atoms with Crippen molar-refractivity contribution in [3.63, 3.8) is 0 Å². The molecule has 2 aromatic rings. The fourth-order valence-corrected chi connectivity index (χ4v) is 3.06. The van der Waals surface area contributed by atoms with Crippen molar-refractivity contribution in [3.8, 4) is 5.75 Å². The van der Waals surface area contributed by atoms with Crippen LogP contribution >= 0.6 is 0 Å². The maximum atomic E-state index is 12.6. The lowest BCUT2D eigenvalue weighted by atomic mass is 9.99. The number of carbonyl (C=O) groups is 1. The van der Waals surface area contributed by atoms with Crippen LogP contribution in [-0.2, 0) is 0 Å². The number of rotatable bonds is 5. The van der Waals surface area contributed by atoms with Crippen LogP contribution in [0.15, 0.2) is 30.3 Å². The maximum absolute atomic E-state index is 12.6. The highest BCUT2D eigenvalue weighted by Crippen LogP contribution is 2.22. The molecule has 0 unspecified atom stereocenters. The zero-order valence-electron chi connectivity index (χ0n) is 15.7. The Balaban J connectivity index is 1.72. The van der Waals surface area contributed by atoms with Crippen molar-refractivity contribution < 1.29 is 9.53 Å². The van der Waals surface area contributed by atoms with Crippen molar-refractivity contribution in [1.82, 2.24) is 9.97 Å². The van der Waals surface area contributed by atoms with Crippen LogP contribution in [0.1, 0.15) is 43.0 Å². The first-order chi connectivity index (χ1) is 12.5. The molecular formula is C20H26N4O2. The molecule has 1 fully saturated rings. The third-order valence-electron chi connectivity index (χ3n) is 4.59. The predicted molar refractivity (Wildman–Crippen MR) is 103 cm³/mol. The van der Waals surface area contributed by atoms with E-state index in [1.165, 1.54) is 0 Å². The van der Waals surface area contributed by atoms with Crippen LogP contribution in [0.25, 0.3) is 0 Å². The Morgan fingerprint density at radius 2 is 1.92 bits per heavy atom. The van der Waals surface area contributed by atoms with E-state index in [2.05, 4.69) is 27.1 Å². The van der Waals surface area contributed by atoms with Gasteiger partial charge in [-0.15, -0.1) is 0 Å². The quantitative estimate of drug-likeness (QED) is 0.887. The van der Waals surface area contributed by atoms with Gasteiger partial charge in [0.05, 0.1) is 6.61 Å². The zero-order valence-corrected chi connectivity index (χ0v) is 15.7. The number of benzene rings is 1. The van der Waals surface area contributed by atoms with Gasteiger partial charge >= 0.3 is 0 Å². The molecular weight excluding hydrogens is 328 g/mol. The normalized spacial score (nSPS) is 15.0. The molecule has 0 spiro atoms. The Morgan fingerprint density at radius 3 is 2.58 bits per heavy atom. The van der Waals surface area contributed by atoms with E-state index in [0.717, 1.165) is 43.4 Å². The fraction of sp³-hybridized carbons (Fsp3) is 0.450.